The molecule has 2 aromatic carbocycles. The summed E-state index contributed by atoms with van der Waals surface area (Å²) in [5, 5.41) is 0. The van der Waals surface area contributed by atoms with Crippen LogP contribution in [0.3, 0.4) is 0 Å². The van der Waals surface area contributed by atoms with Gasteiger partial charge in [-0.1, -0.05) is 39.8 Å². The van der Waals surface area contributed by atoms with E-state index in [1.54, 1.807) is 31.4 Å². The van der Waals surface area contributed by atoms with Gasteiger partial charge in [0.1, 0.15) is 11.5 Å². The summed E-state index contributed by atoms with van der Waals surface area (Å²) in [6.45, 7) is 8.00. The van der Waals surface area contributed by atoms with Gasteiger partial charge in [0.15, 0.2) is 17.3 Å². The molecular formula is C21H29FO4. The molecule has 4 nitrogen and oxygen atoms in total. The minimum absolute atomic E-state index is 0.0397. The molecule has 0 aliphatic carbocycles. The van der Waals surface area contributed by atoms with E-state index in [1.165, 1.54) is 20.3 Å². The Morgan fingerprint density at radius 2 is 1.38 bits per heavy atom. The van der Waals surface area contributed by atoms with Crippen molar-refractivity contribution in [3.05, 3.63) is 53.3 Å². The highest BCUT2D eigenvalue weighted by Gasteiger charge is 2.17. The number of rotatable bonds is 6. The molecule has 0 radical (unpaired) electrons. The zero-order chi connectivity index (χ0) is 20.1. The quantitative estimate of drug-likeness (QED) is 0.650. The van der Waals surface area contributed by atoms with E-state index in [-0.39, 0.29) is 29.3 Å². The second kappa shape index (κ2) is 12.8. The molecule has 0 atom stereocenters. The third-order valence-corrected chi connectivity index (χ3v) is 3.30. The Hall–Kier alpha value is -2.56. The third kappa shape index (κ3) is 6.39. The molecule has 0 fully saturated rings. The Balaban J connectivity index is 0.00000146. The fourth-order valence-electron chi connectivity index (χ4n) is 2.10. The van der Waals surface area contributed by atoms with Crippen LogP contribution in [0.4, 0.5) is 4.39 Å². The molecule has 26 heavy (non-hydrogen) atoms. The first-order valence-electron chi connectivity index (χ1n) is 8.66. The van der Waals surface area contributed by atoms with E-state index in [1.807, 2.05) is 27.7 Å². The SMILES string of the molecule is CC.CC.COc1ccc(CC(=O)c2cc(F)c(OC)cc2OC)cc1. The molecular weight excluding hydrogens is 335 g/mol. The molecule has 2 aromatic rings. The highest BCUT2D eigenvalue weighted by atomic mass is 19.1. The number of methoxy groups -OCH3 is 3. The van der Waals surface area contributed by atoms with E-state index < -0.39 is 5.82 Å². The molecule has 0 saturated heterocycles. The van der Waals surface area contributed by atoms with Crippen molar-refractivity contribution in [3.8, 4) is 17.2 Å². The van der Waals surface area contributed by atoms with Gasteiger partial charge in [-0.15, -0.1) is 0 Å². The van der Waals surface area contributed by atoms with Crippen LogP contribution in [-0.2, 0) is 6.42 Å². The molecule has 0 bridgehead atoms. The van der Waals surface area contributed by atoms with Gasteiger partial charge in [0.2, 0.25) is 0 Å². The van der Waals surface area contributed by atoms with Crippen LogP contribution >= 0.6 is 0 Å². The van der Waals surface area contributed by atoms with Crippen LogP contribution in [-0.4, -0.2) is 27.1 Å². The lowest BCUT2D eigenvalue weighted by Crippen LogP contribution is -2.07. The van der Waals surface area contributed by atoms with Crippen molar-refractivity contribution < 1.29 is 23.4 Å². The maximum Gasteiger partial charge on any atom is 0.171 e. The summed E-state index contributed by atoms with van der Waals surface area (Å²) in [5.41, 5.74) is 1.00. The topological polar surface area (TPSA) is 44.8 Å². The van der Waals surface area contributed by atoms with Crippen LogP contribution in [0, 0.1) is 5.82 Å². The van der Waals surface area contributed by atoms with Crippen LogP contribution < -0.4 is 14.2 Å². The number of carbonyl (C=O) groups is 1. The predicted octanol–water partition coefficient (Wildman–Crippen LogP) is 5.33. The molecule has 0 spiro atoms. The standard InChI is InChI=1S/C17H17FO4.2C2H6/c1-20-12-6-4-11(5-7-12)8-15(19)13-9-14(18)17(22-3)10-16(13)21-2;2*1-2/h4-7,9-10H,8H2,1-3H3;2*1-2H3. The number of ether oxygens (including phenoxy) is 3. The molecule has 0 amide bonds. The lowest BCUT2D eigenvalue weighted by Gasteiger charge is -2.11. The molecule has 0 aliphatic rings. The van der Waals surface area contributed by atoms with Gasteiger partial charge in [-0.2, -0.15) is 0 Å². The van der Waals surface area contributed by atoms with Gasteiger partial charge in [0.25, 0.3) is 0 Å². The summed E-state index contributed by atoms with van der Waals surface area (Å²) < 4.78 is 28.9. The Morgan fingerprint density at radius 3 is 1.85 bits per heavy atom. The van der Waals surface area contributed by atoms with E-state index in [0.29, 0.717) is 5.75 Å². The average molecular weight is 364 g/mol. The molecule has 2 rings (SSSR count). The monoisotopic (exact) mass is 364 g/mol. The van der Waals surface area contributed by atoms with Crippen molar-refractivity contribution >= 4 is 5.78 Å². The Kier molecular flexibility index (Phi) is 11.5. The number of ketones is 1. The number of halogens is 1. The van der Waals surface area contributed by atoms with E-state index in [4.69, 9.17) is 14.2 Å². The highest BCUT2D eigenvalue weighted by Crippen LogP contribution is 2.29. The van der Waals surface area contributed by atoms with Gasteiger partial charge in [-0.25, -0.2) is 4.39 Å². The van der Waals surface area contributed by atoms with E-state index >= 15 is 0 Å². The van der Waals surface area contributed by atoms with Gasteiger partial charge in [0, 0.05) is 12.5 Å². The summed E-state index contributed by atoms with van der Waals surface area (Å²) in [6.07, 6.45) is 0.145. The lowest BCUT2D eigenvalue weighted by molar-refractivity contribution is 0.0989. The molecule has 5 heteroatoms. The molecule has 0 saturated carbocycles. The molecule has 0 unspecified atom stereocenters. The number of hydrogen-bond donors (Lipinski definition) is 0. The third-order valence-electron chi connectivity index (χ3n) is 3.30. The number of hydrogen-bond acceptors (Lipinski definition) is 4. The normalized spacial score (nSPS) is 9.08. The molecule has 0 aromatic heterocycles. The lowest BCUT2D eigenvalue weighted by atomic mass is 10.0. The van der Waals surface area contributed by atoms with Gasteiger partial charge < -0.3 is 14.2 Å². The molecule has 0 N–H and O–H groups in total. The predicted molar refractivity (Wildman–Crippen MR) is 103 cm³/mol. The summed E-state index contributed by atoms with van der Waals surface area (Å²) in [7, 11) is 4.36. The summed E-state index contributed by atoms with van der Waals surface area (Å²) in [5.74, 6) is 0.212. The highest BCUT2D eigenvalue weighted by molar-refractivity contribution is 6.00. The van der Waals surface area contributed by atoms with Crippen LogP contribution in [0.1, 0.15) is 43.6 Å². The first-order chi connectivity index (χ1) is 12.6. The first-order valence-corrected chi connectivity index (χ1v) is 8.66. The average Bonchev–Trinajstić information content (AvgIpc) is 2.71. The summed E-state index contributed by atoms with van der Waals surface area (Å²) in [6, 6.07) is 9.65. The second-order valence-electron chi connectivity index (χ2n) is 4.64. The van der Waals surface area contributed by atoms with Crippen molar-refractivity contribution in [2.45, 2.75) is 34.1 Å². The fourth-order valence-corrected chi connectivity index (χ4v) is 2.10. The van der Waals surface area contributed by atoms with Gasteiger partial charge >= 0.3 is 0 Å². The van der Waals surface area contributed by atoms with Crippen LogP contribution in [0.2, 0.25) is 0 Å². The number of Topliss-reactive ketones (excluding diaryl/α,β-unsaturated/α-hetero) is 1. The van der Waals surface area contributed by atoms with Gasteiger partial charge in [-0.05, 0) is 23.8 Å². The van der Waals surface area contributed by atoms with Gasteiger partial charge in [-0.3, -0.25) is 4.79 Å². The van der Waals surface area contributed by atoms with E-state index in [2.05, 4.69) is 0 Å². The van der Waals surface area contributed by atoms with Crippen molar-refractivity contribution in [2.24, 2.45) is 0 Å². The van der Waals surface area contributed by atoms with Crippen LogP contribution in [0.25, 0.3) is 0 Å². The molecule has 0 heterocycles. The second-order valence-corrected chi connectivity index (χ2v) is 4.64. The largest absolute Gasteiger partial charge is 0.497 e. The summed E-state index contributed by atoms with van der Waals surface area (Å²) in [4.78, 5) is 12.4. The van der Waals surface area contributed by atoms with Gasteiger partial charge in [0.05, 0.1) is 26.9 Å². The number of benzene rings is 2. The van der Waals surface area contributed by atoms with Crippen LogP contribution in [0.5, 0.6) is 17.2 Å². The Labute approximate surface area is 155 Å². The van der Waals surface area contributed by atoms with Crippen molar-refractivity contribution in [3.63, 3.8) is 0 Å². The maximum atomic E-state index is 13.8. The first kappa shape index (κ1) is 23.4. The minimum Gasteiger partial charge on any atom is -0.497 e. The minimum atomic E-state index is -0.596. The zero-order valence-electron chi connectivity index (χ0n) is 16.7. The Bertz CT molecular complexity index is 666. The van der Waals surface area contributed by atoms with Crippen molar-refractivity contribution in [1.29, 1.82) is 0 Å². The number of carbonyl (C=O) groups excluding carboxylic acids is 1. The van der Waals surface area contributed by atoms with E-state index in [0.717, 1.165) is 11.6 Å². The molecule has 0 aliphatic heterocycles. The fraction of sp³-hybridized carbons (Fsp3) is 0.381. The van der Waals surface area contributed by atoms with Crippen LogP contribution in [0.15, 0.2) is 36.4 Å². The zero-order valence-corrected chi connectivity index (χ0v) is 16.7. The van der Waals surface area contributed by atoms with E-state index in [9.17, 15) is 9.18 Å². The van der Waals surface area contributed by atoms with Crippen molar-refractivity contribution in [1.82, 2.24) is 0 Å². The van der Waals surface area contributed by atoms with Crippen molar-refractivity contribution in [2.75, 3.05) is 21.3 Å². The Morgan fingerprint density at radius 1 is 0.846 bits per heavy atom. The smallest absolute Gasteiger partial charge is 0.171 e. The maximum absolute atomic E-state index is 13.8. The molecule has 144 valence electrons. The summed E-state index contributed by atoms with van der Waals surface area (Å²) >= 11 is 0.